The minimum absolute atomic E-state index is 0.0147. The highest BCUT2D eigenvalue weighted by Gasteiger charge is 2.44. The number of halogens is 1. The van der Waals surface area contributed by atoms with E-state index in [1.54, 1.807) is 7.05 Å². The summed E-state index contributed by atoms with van der Waals surface area (Å²) in [6.07, 6.45) is 4.87. The van der Waals surface area contributed by atoms with Gasteiger partial charge in [0.05, 0.1) is 31.1 Å². The summed E-state index contributed by atoms with van der Waals surface area (Å²) in [6, 6.07) is 15.5. The predicted molar refractivity (Wildman–Crippen MR) is 215 cm³/mol. The number of carbonyl (C=O) groups is 3. The highest BCUT2D eigenvalue weighted by atomic mass is 35.5. The average molecular weight is 784 g/mol. The maximum absolute atomic E-state index is 14.3. The molecule has 3 saturated heterocycles. The molecule has 0 bridgehead atoms. The predicted octanol–water partition coefficient (Wildman–Crippen LogP) is 8.15. The molecule has 298 valence electrons. The van der Waals surface area contributed by atoms with Crippen molar-refractivity contribution in [1.82, 2.24) is 34.6 Å². The summed E-state index contributed by atoms with van der Waals surface area (Å²) in [6.45, 7) is 10.9. The zero-order chi connectivity index (χ0) is 39.7. The number of H-pyrrole nitrogens is 2. The number of ether oxygens (including phenoxy) is 2. The van der Waals surface area contributed by atoms with E-state index in [1.807, 2.05) is 28.1 Å². The standard InChI is InChI=1S/C43H54ClN7O5/c1-25(2)19-36(52)50-23-26(3)21-35(50)41-47-37(39(44)48-41)31-13-9-29(10-14-31)28-7-11-30(12-8-28)33-22-45-40(46-33)34-20-27(4)24-51(34)42(53)38(49(5)43(54)55-6)32-15-17-56-18-16-32/h7-14,22,25-27,32,34-35,38H,15-21,23-24H2,1-6H3,(H,45,46)(H,47,48)/t26-,27-,34-,35-,38?/m0/s1. The van der Waals surface area contributed by atoms with E-state index in [2.05, 4.69) is 74.1 Å². The third-order valence-electron chi connectivity index (χ3n) is 11.6. The van der Waals surface area contributed by atoms with E-state index in [9.17, 15) is 14.4 Å². The van der Waals surface area contributed by atoms with Gasteiger partial charge < -0.3 is 29.2 Å². The molecular weight excluding hydrogens is 730 g/mol. The van der Waals surface area contributed by atoms with Crippen molar-refractivity contribution in [2.75, 3.05) is 40.5 Å². The monoisotopic (exact) mass is 783 g/mol. The number of aromatic amines is 2. The Balaban J connectivity index is 1.04. The zero-order valence-corrected chi connectivity index (χ0v) is 34.0. The summed E-state index contributed by atoms with van der Waals surface area (Å²) in [5.74, 6) is 2.51. The zero-order valence-electron chi connectivity index (χ0n) is 33.3. The fraction of sp³-hybridized carbons (Fsp3) is 0.512. The third-order valence-corrected chi connectivity index (χ3v) is 11.9. The van der Waals surface area contributed by atoms with E-state index in [0.29, 0.717) is 61.7 Å². The first kappa shape index (κ1) is 39.6. The van der Waals surface area contributed by atoms with E-state index < -0.39 is 12.1 Å². The van der Waals surface area contributed by atoms with Crippen LogP contribution in [0.4, 0.5) is 4.79 Å². The first-order chi connectivity index (χ1) is 26.9. The molecule has 5 heterocycles. The Bertz CT molecular complexity index is 2000. The van der Waals surface area contributed by atoms with Gasteiger partial charge in [-0.05, 0) is 66.0 Å². The molecule has 13 heteroatoms. The summed E-state index contributed by atoms with van der Waals surface area (Å²) < 4.78 is 10.6. The molecule has 0 spiro atoms. The second kappa shape index (κ2) is 16.8. The van der Waals surface area contributed by atoms with Gasteiger partial charge in [-0.3, -0.25) is 14.5 Å². The van der Waals surface area contributed by atoms with Crippen molar-refractivity contribution in [1.29, 1.82) is 0 Å². The Labute approximate surface area is 334 Å². The number of hydrogen-bond acceptors (Lipinski definition) is 7. The second-order valence-electron chi connectivity index (χ2n) is 16.4. The molecule has 3 aliphatic rings. The largest absolute Gasteiger partial charge is 0.453 e. The van der Waals surface area contributed by atoms with Crippen LogP contribution in [0, 0.1) is 23.7 Å². The molecule has 3 fully saturated rings. The minimum atomic E-state index is -0.637. The Morgan fingerprint density at radius 1 is 0.875 bits per heavy atom. The minimum Gasteiger partial charge on any atom is -0.453 e. The number of carbonyl (C=O) groups excluding carboxylic acids is 3. The molecule has 0 aliphatic carbocycles. The number of imidazole rings is 2. The average Bonchev–Trinajstić information content (AvgIpc) is 4.01. The summed E-state index contributed by atoms with van der Waals surface area (Å²) in [4.78, 5) is 61.8. The van der Waals surface area contributed by atoms with Crippen molar-refractivity contribution in [2.24, 2.45) is 23.7 Å². The van der Waals surface area contributed by atoms with Crippen molar-refractivity contribution in [3.05, 3.63) is 71.5 Å². The van der Waals surface area contributed by atoms with Crippen LogP contribution >= 0.6 is 11.6 Å². The first-order valence-electron chi connectivity index (χ1n) is 19.9. The van der Waals surface area contributed by atoms with Gasteiger partial charge in [-0.25, -0.2) is 14.8 Å². The van der Waals surface area contributed by atoms with Gasteiger partial charge in [0, 0.05) is 45.3 Å². The summed E-state index contributed by atoms with van der Waals surface area (Å²) in [5, 5.41) is 0.471. The highest BCUT2D eigenvalue weighted by Crippen LogP contribution is 2.39. The van der Waals surface area contributed by atoms with E-state index >= 15 is 0 Å². The van der Waals surface area contributed by atoms with Crippen LogP contribution in [-0.2, 0) is 19.1 Å². The normalized spacial score (nSPS) is 22.1. The van der Waals surface area contributed by atoms with Gasteiger partial charge in [0.15, 0.2) is 0 Å². The van der Waals surface area contributed by atoms with Gasteiger partial charge in [0.2, 0.25) is 11.8 Å². The lowest BCUT2D eigenvalue weighted by Gasteiger charge is -2.38. The molecule has 7 rings (SSSR count). The van der Waals surface area contributed by atoms with Gasteiger partial charge >= 0.3 is 6.09 Å². The van der Waals surface area contributed by atoms with E-state index in [4.69, 9.17) is 31.0 Å². The summed E-state index contributed by atoms with van der Waals surface area (Å²) in [5.41, 5.74) is 5.55. The first-order valence-corrected chi connectivity index (χ1v) is 20.3. The van der Waals surface area contributed by atoms with Gasteiger partial charge in [-0.1, -0.05) is 87.8 Å². The van der Waals surface area contributed by atoms with Crippen molar-refractivity contribution in [3.8, 4) is 33.6 Å². The Morgan fingerprint density at radius 3 is 2.05 bits per heavy atom. The summed E-state index contributed by atoms with van der Waals surface area (Å²) in [7, 11) is 2.99. The fourth-order valence-electron chi connectivity index (χ4n) is 8.77. The number of hydrogen-bond donors (Lipinski definition) is 2. The molecule has 2 N–H and O–H groups in total. The molecule has 56 heavy (non-hydrogen) atoms. The summed E-state index contributed by atoms with van der Waals surface area (Å²) >= 11 is 6.72. The SMILES string of the molecule is COC(=O)N(C)C(C(=O)N1C[C@@H](C)C[C@H]1c1ncc(-c2ccc(-c3ccc(-c4nc([C@@H]5C[C@H](C)CN5C(=O)CC(C)C)[nH]c4Cl)cc3)cc2)[nH]1)C1CCOCC1. The van der Waals surface area contributed by atoms with Crippen LogP contribution in [-0.4, -0.2) is 99.0 Å². The van der Waals surface area contributed by atoms with Crippen LogP contribution in [0.25, 0.3) is 33.6 Å². The van der Waals surface area contributed by atoms with Crippen LogP contribution in [0.15, 0.2) is 54.7 Å². The molecule has 3 amide bonds. The molecule has 5 atom stereocenters. The number of rotatable bonds is 10. The number of nitrogens with one attached hydrogen (secondary N) is 2. The van der Waals surface area contributed by atoms with Gasteiger partial charge in [-0.2, -0.15) is 0 Å². The molecule has 12 nitrogen and oxygen atoms in total. The lowest BCUT2D eigenvalue weighted by Crippen LogP contribution is -2.54. The van der Waals surface area contributed by atoms with Crippen LogP contribution in [0.5, 0.6) is 0 Å². The molecule has 4 aromatic rings. The molecule has 2 aromatic carbocycles. The highest BCUT2D eigenvalue weighted by molar-refractivity contribution is 6.31. The number of methoxy groups -OCH3 is 1. The smallest absolute Gasteiger partial charge is 0.409 e. The molecule has 2 aromatic heterocycles. The van der Waals surface area contributed by atoms with Crippen molar-refractivity contribution in [2.45, 2.75) is 77.9 Å². The molecule has 0 saturated carbocycles. The van der Waals surface area contributed by atoms with Gasteiger partial charge in [0.1, 0.15) is 28.5 Å². The van der Waals surface area contributed by atoms with Gasteiger partial charge in [-0.15, -0.1) is 0 Å². The lowest BCUT2D eigenvalue weighted by molar-refractivity contribution is -0.140. The number of amides is 3. The lowest BCUT2D eigenvalue weighted by atomic mass is 9.89. The Morgan fingerprint density at radius 2 is 1.45 bits per heavy atom. The van der Waals surface area contributed by atoms with Crippen LogP contribution in [0.3, 0.4) is 0 Å². The quantitative estimate of drug-likeness (QED) is 0.166. The van der Waals surface area contributed by atoms with Crippen LogP contribution in [0.1, 0.15) is 83.5 Å². The molecular formula is C43H54ClN7O5. The van der Waals surface area contributed by atoms with E-state index in [0.717, 1.165) is 59.0 Å². The number of nitrogens with zero attached hydrogens (tertiary/aromatic N) is 5. The van der Waals surface area contributed by atoms with E-state index in [1.165, 1.54) is 12.0 Å². The molecule has 3 aliphatic heterocycles. The number of likely N-dealkylation sites (tertiary alicyclic amines) is 2. The Kier molecular flexibility index (Phi) is 11.9. The number of benzene rings is 2. The van der Waals surface area contributed by atoms with Crippen molar-refractivity contribution in [3.63, 3.8) is 0 Å². The van der Waals surface area contributed by atoms with E-state index in [-0.39, 0.29) is 35.7 Å². The number of likely N-dealkylation sites (N-methyl/N-ethyl adjacent to an activating group) is 1. The van der Waals surface area contributed by atoms with Gasteiger partial charge in [0.25, 0.3) is 0 Å². The van der Waals surface area contributed by atoms with Crippen molar-refractivity contribution < 1.29 is 23.9 Å². The van der Waals surface area contributed by atoms with Crippen LogP contribution in [0.2, 0.25) is 5.15 Å². The second-order valence-corrected chi connectivity index (χ2v) is 16.8. The maximum Gasteiger partial charge on any atom is 0.409 e. The molecule has 1 unspecified atom stereocenters. The Hall–Kier alpha value is -4.68. The maximum atomic E-state index is 14.3. The fourth-order valence-corrected chi connectivity index (χ4v) is 9.02. The van der Waals surface area contributed by atoms with Crippen LogP contribution < -0.4 is 0 Å². The molecule has 0 radical (unpaired) electrons. The number of aromatic nitrogens is 4. The third kappa shape index (κ3) is 8.23. The topological polar surface area (TPSA) is 137 Å². The van der Waals surface area contributed by atoms with Crippen molar-refractivity contribution >= 4 is 29.5 Å².